The minimum Gasteiger partial charge on any atom is -0.464 e. The first-order chi connectivity index (χ1) is 19.0. The van der Waals surface area contributed by atoms with Crippen molar-refractivity contribution >= 4 is 13.7 Å². The lowest BCUT2D eigenvalue weighted by Crippen LogP contribution is -2.42. The topological polar surface area (TPSA) is 158 Å². The summed E-state index contributed by atoms with van der Waals surface area (Å²) in [4.78, 5) is 38.2. The summed E-state index contributed by atoms with van der Waals surface area (Å²) in [6.45, 7) is 5.71. The van der Waals surface area contributed by atoms with Gasteiger partial charge in [-0.3, -0.25) is 23.7 Å². The zero-order valence-corrected chi connectivity index (χ0v) is 23.5. The Balaban J connectivity index is 1.53. The number of carbonyl (C=O) groups excluding carboxylic acids is 1. The predicted octanol–water partition coefficient (Wildman–Crippen LogP) is 3.02. The van der Waals surface area contributed by atoms with E-state index in [1.807, 2.05) is 18.8 Å². The lowest BCUT2D eigenvalue weighted by atomic mass is 10.1. The molecule has 1 saturated carbocycles. The van der Waals surface area contributed by atoms with Crippen LogP contribution in [0.3, 0.4) is 0 Å². The summed E-state index contributed by atoms with van der Waals surface area (Å²) in [6.07, 6.45) is -0.418. The quantitative estimate of drug-likeness (QED) is 0.236. The van der Waals surface area contributed by atoms with E-state index in [4.69, 9.17) is 18.5 Å². The summed E-state index contributed by atoms with van der Waals surface area (Å²) in [6, 6.07) is 7.18. The van der Waals surface area contributed by atoms with Gasteiger partial charge in [0.25, 0.3) is 5.56 Å². The number of H-pyrrole nitrogens is 1. The average molecular weight is 584 g/mol. The molecular formula is C26H35FN3O9P. The molecule has 1 aromatic carbocycles. The highest BCUT2D eigenvalue weighted by atomic mass is 31.2. The second kappa shape index (κ2) is 12.4. The van der Waals surface area contributed by atoms with Crippen LogP contribution in [0.2, 0.25) is 0 Å². The van der Waals surface area contributed by atoms with Crippen LogP contribution in [0.1, 0.15) is 59.1 Å². The zero-order chi connectivity index (χ0) is 29.1. The van der Waals surface area contributed by atoms with Crippen molar-refractivity contribution in [1.82, 2.24) is 14.6 Å². The number of nitrogens with zero attached hydrogens (tertiary/aromatic N) is 1. The third kappa shape index (κ3) is 6.90. The molecule has 0 unspecified atom stereocenters. The van der Waals surface area contributed by atoms with Crippen molar-refractivity contribution in [2.45, 2.75) is 83.0 Å². The fourth-order valence-corrected chi connectivity index (χ4v) is 6.48. The number of benzene rings is 1. The number of hydrogen-bond acceptors (Lipinski definition) is 9. The summed E-state index contributed by atoms with van der Waals surface area (Å²) in [5.41, 5.74) is -3.36. The van der Waals surface area contributed by atoms with Gasteiger partial charge >= 0.3 is 19.4 Å². The van der Waals surface area contributed by atoms with Crippen molar-refractivity contribution in [1.29, 1.82) is 0 Å². The fraction of sp³-hybridized carbons (Fsp3) is 0.577. The lowest BCUT2D eigenvalue weighted by Gasteiger charge is -2.31. The van der Waals surface area contributed by atoms with E-state index < -0.39 is 60.9 Å². The predicted molar refractivity (Wildman–Crippen MR) is 141 cm³/mol. The van der Waals surface area contributed by atoms with E-state index in [1.54, 1.807) is 30.3 Å². The van der Waals surface area contributed by atoms with Gasteiger partial charge in [-0.1, -0.05) is 44.9 Å². The molecule has 0 bridgehead atoms. The van der Waals surface area contributed by atoms with Gasteiger partial charge in [-0.05, 0) is 37.8 Å². The van der Waals surface area contributed by atoms with Crippen molar-refractivity contribution in [2.75, 3.05) is 6.61 Å². The van der Waals surface area contributed by atoms with E-state index in [0.717, 1.165) is 17.4 Å². The highest BCUT2D eigenvalue weighted by Gasteiger charge is 2.61. The second-order valence-corrected chi connectivity index (χ2v) is 11.8. The Morgan fingerprint density at radius 3 is 2.58 bits per heavy atom. The van der Waals surface area contributed by atoms with Gasteiger partial charge in [-0.2, -0.15) is 9.48 Å². The number of hydrogen-bond donors (Lipinski definition) is 3. The minimum atomic E-state index is -4.28. The summed E-state index contributed by atoms with van der Waals surface area (Å²) < 4.78 is 51.9. The molecule has 1 aromatic heterocycles. The number of carbonyl (C=O) groups is 1. The Hall–Kier alpha value is -2.83. The van der Waals surface area contributed by atoms with Gasteiger partial charge in [0.05, 0.1) is 18.9 Å². The maximum atomic E-state index is 14.1. The van der Waals surface area contributed by atoms with Crippen LogP contribution < -0.4 is 20.9 Å². The molecule has 2 fully saturated rings. The van der Waals surface area contributed by atoms with Gasteiger partial charge in [-0.25, -0.2) is 9.36 Å². The maximum absolute atomic E-state index is 14.1. The van der Waals surface area contributed by atoms with E-state index in [1.165, 1.54) is 6.92 Å². The Labute approximate surface area is 230 Å². The first-order valence-corrected chi connectivity index (χ1v) is 14.9. The van der Waals surface area contributed by atoms with Crippen molar-refractivity contribution in [3.05, 3.63) is 63.2 Å². The number of halogens is 1. The van der Waals surface area contributed by atoms with Crippen LogP contribution in [0.5, 0.6) is 5.75 Å². The number of ether oxygens (including phenoxy) is 2. The summed E-state index contributed by atoms with van der Waals surface area (Å²) in [7, 11) is -4.28. The van der Waals surface area contributed by atoms with Crippen LogP contribution in [0, 0.1) is 11.7 Å². The van der Waals surface area contributed by atoms with Crippen molar-refractivity contribution in [2.24, 2.45) is 5.92 Å². The molecule has 1 saturated heterocycles. The molecule has 4 rings (SSSR count). The Bertz CT molecular complexity index is 1340. The number of aliphatic hydroxyl groups is 1. The second-order valence-electron chi connectivity index (χ2n) is 10.2. The third-order valence-corrected chi connectivity index (χ3v) is 8.94. The van der Waals surface area contributed by atoms with Gasteiger partial charge in [0.2, 0.25) is 5.82 Å². The molecule has 40 heavy (non-hydrogen) atoms. The monoisotopic (exact) mass is 583 g/mol. The molecular weight excluding hydrogens is 548 g/mol. The van der Waals surface area contributed by atoms with Gasteiger partial charge in [-0.15, -0.1) is 0 Å². The maximum Gasteiger partial charge on any atom is 0.460 e. The molecule has 2 aliphatic rings. The number of para-hydroxylation sites is 1. The zero-order valence-electron chi connectivity index (χ0n) is 22.6. The van der Waals surface area contributed by atoms with Crippen LogP contribution in [0.15, 0.2) is 46.1 Å². The molecule has 0 spiro atoms. The molecule has 2 aromatic rings. The van der Waals surface area contributed by atoms with Crippen molar-refractivity contribution in [3.63, 3.8) is 0 Å². The van der Waals surface area contributed by atoms with Crippen LogP contribution in [0.4, 0.5) is 4.39 Å². The minimum absolute atomic E-state index is 0.114. The smallest absolute Gasteiger partial charge is 0.460 e. The number of rotatable bonds is 13. The molecule has 1 aliphatic carbocycles. The Kier molecular flexibility index (Phi) is 9.31. The molecule has 12 nitrogen and oxygen atoms in total. The highest BCUT2D eigenvalue weighted by molar-refractivity contribution is 7.52. The van der Waals surface area contributed by atoms with Gasteiger partial charge < -0.3 is 19.1 Å². The molecule has 2 heterocycles. The lowest BCUT2D eigenvalue weighted by molar-refractivity contribution is -0.146. The van der Waals surface area contributed by atoms with E-state index in [-0.39, 0.29) is 24.7 Å². The fourth-order valence-electron chi connectivity index (χ4n) is 4.60. The normalized spacial score (nSPS) is 23.9. The highest BCUT2D eigenvalue weighted by Crippen LogP contribution is 2.59. The van der Waals surface area contributed by atoms with E-state index in [0.29, 0.717) is 19.0 Å². The number of aromatic nitrogens is 2. The van der Waals surface area contributed by atoms with E-state index >= 15 is 0 Å². The van der Waals surface area contributed by atoms with Crippen LogP contribution in [-0.2, 0) is 23.4 Å². The first-order valence-electron chi connectivity index (χ1n) is 13.3. The Morgan fingerprint density at radius 1 is 1.27 bits per heavy atom. The molecule has 3 N–H and O–H groups in total. The number of aliphatic hydroxyl groups excluding tert-OH is 1. The third-order valence-electron chi connectivity index (χ3n) is 7.18. The van der Waals surface area contributed by atoms with Crippen molar-refractivity contribution < 1.29 is 37.4 Å². The number of nitrogens with one attached hydrogen (secondary N) is 2. The standard InChI is InChI=1S/C26H35FN3O9P/c1-4-17(5-2)15-36-24(33)16(3)29-40(35,38-18-9-7-6-8-10-18)39-26(11-12-26)22-20(31)13-21(37-22)30-14-19(27)23(32)28-25(30)34/h6-10,14,16-17,20-22,31H,4-5,11-13,15H2,1-3H3,(H,29,35)(H,28,32,34)/t16-,20-,21+,22-,40+/m0/s1. The molecule has 220 valence electrons. The SMILES string of the molecule is CCC(CC)COC(=O)[C@H](C)N[P@@](=O)(Oc1ccccc1)OC1([C@H]2O[C@@H](n3cc(F)c(=O)[nH]c3=O)C[C@@H]2O)CC1. The van der Waals surface area contributed by atoms with Crippen LogP contribution >= 0.6 is 7.75 Å². The van der Waals surface area contributed by atoms with Gasteiger partial charge in [0.1, 0.15) is 29.7 Å². The molecule has 14 heteroatoms. The largest absolute Gasteiger partial charge is 0.464 e. The van der Waals surface area contributed by atoms with Crippen LogP contribution in [-0.4, -0.2) is 51.1 Å². The first kappa shape index (κ1) is 30.1. The molecule has 5 atom stereocenters. The Morgan fingerprint density at radius 2 is 1.95 bits per heavy atom. The molecule has 0 amide bonds. The van der Waals surface area contributed by atoms with Gasteiger partial charge in [0.15, 0.2) is 0 Å². The summed E-state index contributed by atoms with van der Waals surface area (Å²) in [5, 5.41) is 13.5. The number of aromatic amines is 1. The number of esters is 1. The van der Waals surface area contributed by atoms with Crippen molar-refractivity contribution in [3.8, 4) is 5.75 Å². The van der Waals surface area contributed by atoms with Gasteiger partial charge in [0, 0.05) is 6.42 Å². The average Bonchev–Trinajstić information content (AvgIpc) is 3.57. The molecule has 1 aliphatic heterocycles. The summed E-state index contributed by atoms with van der Waals surface area (Å²) >= 11 is 0. The molecule has 0 radical (unpaired) electrons. The van der Waals surface area contributed by atoms with E-state index in [2.05, 4.69) is 5.09 Å². The van der Waals surface area contributed by atoms with E-state index in [9.17, 15) is 28.4 Å². The summed E-state index contributed by atoms with van der Waals surface area (Å²) in [5.74, 6) is -1.40. The van der Waals surface area contributed by atoms with Crippen LogP contribution in [0.25, 0.3) is 0 Å².